The van der Waals surface area contributed by atoms with Crippen molar-refractivity contribution in [2.24, 2.45) is 5.73 Å². The zero-order chi connectivity index (χ0) is 14.5. The minimum absolute atomic E-state index is 0.236. The van der Waals surface area contributed by atoms with Gasteiger partial charge in [0.2, 0.25) is 0 Å². The van der Waals surface area contributed by atoms with Gasteiger partial charge in [-0.1, -0.05) is 30.3 Å². The van der Waals surface area contributed by atoms with Crippen LogP contribution in [0.15, 0.2) is 42.5 Å². The van der Waals surface area contributed by atoms with Gasteiger partial charge >= 0.3 is 0 Å². The van der Waals surface area contributed by atoms with E-state index in [1.807, 2.05) is 0 Å². The molecule has 0 saturated heterocycles. The lowest BCUT2D eigenvalue weighted by atomic mass is 10.1. The number of halogens is 2. The monoisotopic (exact) mass is 279 g/mol. The summed E-state index contributed by atoms with van der Waals surface area (Å²) in [7, 11) is 0. The van der Waals surface area contributed by atoms with Crippen molar-refractivity contribution in [2.45, 2.75) is 12.6 Å². The van der Waals surface area contributed by atoms with Gasteiger partial charge in [0.25, 0.3) is 0 Å². The van der Waals surface area contributed by atoms with Gasteiger partial charge in [0, 0.05) is 6.54 Å². The van der Waals surface area contributed by atoms with Gasteiger partial charge in [-0.05, 0) is 23.3 Å². The summed E-state index contributed by atoms with van der Waals surface area (Å²) in [6, 6.07) is 10.4. The van der Waals surface area contributed by atoms with Crippen LogP contribution in [-0.2, 0) is 6.54 Å². The second kappa shape index (κ2) is 6.45. The number of hydrogen-bond acceptors (Lipinski definition) is 3. The van der Waals surface area contributed by atoms with E-state index >= 15 is 0 Å². The highest BCUT2D eigenvalue weighted by Gasteiger charge is 2.13. The van der Waals surface area contributed by atoms with Crippen LogP contribution in [0.1, 0.15) is 17.2 Å². The Kier molecular flexibility index (Phi) is 4.65. The van der Waals surface area contributed by atoms with E-state index in [2.05, 4.69) is 0 Å². The van der Waals surface area contributed by atoms with Crippen LogP contribution in [-0.4, -0.2) is 11.7 Å². The number of aliphatic hydroxyl groups is 1. The minimum Gasteiger partial charge on any atom is -0.484 e. The zero-order valence-electron chi connectivity index (χ0n) is 10.7. The van der Waals surface area contributed by atoms with Crippen LogP contribution >= 0.6 is 0 Å². The van der Waals surface area contributed by atoms with Gasteiger partial charge in [-0.25, -0.2) is 8.78 Å². The number of hydrogen-bond donors (Lipinski definition) is 2. The van der Waals surface area contributed by atoms with Gasteiger partial charge in [-0.15, -0.1) is 0 Å². The SMILES string of the molecule is NCc1ccc(C(O)COc2c(F)cccc2F)cc1. The van der Waals surface area contributed by atoms with Crippen LogP contribution in [0, 0.1) is 11.6 Å². The maximum atomic E-state index is 13.3. The van der Waals surface area contributed by atoms with Gasteiger partial charge < -0.3 is 15.6 Å². The van der Waals surface area contributed by atoms with Crippen LogP contribution in [0.2, 0.25) is 0 Å². The second-order valence-electron chi connectivity index (χ2n) is 4.32. The molecule has 0 fully saturated rings. The van der Waals surface area contributed by atoms with Crippen molar-refractivity contribution in [1.82, 2.24) is 0 Å². The summed E-state index contributed by atoms with van der Waals surface area (Å²) in [5, 5.41) is 9.93. The van der Waals surface area contributed by atoms with Gasteiger partial charge in [0.05, 0.1) is 0 Å². The lowest BCUT2D eigenvalue weighted by Crippen LogP contribution is -2.11. The highest BCUT2D eigenvalue weighted by Crippen LogP contribution is 2.23. The normalized spacial score (nSPS) is 12.2. The Morgan fingerprint density at radius 2 is 1.65 bits per heavy atom. The summed E-state index contributed by atoms with van der Waals surface area (Å²) in [4.78, 5) is 0. The lowest BCUT2D eigenvalue weighted by Gasteiger charge is -2.14. The molecule has 0 saturated carbocycles. The quantitative estimate of drug-likeness (QED) is 0.884. The molecule has 0 radical (unpaired) electrons. The smallest absolute Gasteiger partial charge is 0.190 e. The summed E-state index contributed by atoms with van der Waals surface area (Å²) < 4.78 is 31.7. The number of rotatable bonds is 5. The van der Waals surface area contributed by atoms with Crippen LogP contribution in [0.4, 0.5) is 8.78 Å². The Labute approximate surface area is 115 Å². The van der Waals surface area contributed by atoms with Crippen molar-refractivity contribution in [3.05, 3.63) is 65.2 Å². The Morgan fingerprint density at radius 3 is 2.20 bits per heavy atom. The van der Waals surface area contributed by atoms with Crippen LogP contribution in [0.25, 0.3) is 0 Å². The van der Waals surface area contributed by atoms with Crippen molar-refractivity contribution in [2.75, 3.05) is 6.61 Å². The van der Waals surface area contributed by atoms with E-state index in [0.717, 1.165) is 17.7 Å². The van der Waals surface area contributed by atoms with Crippen molar-refractivity contribution in [1.29, 1.82) is 0 Å². The molecular weight excluding hydrogens is 264 g/mol. The third-order valence-corrected chi connectivity index (χ3v) is 2.90. The van der Waals surface area contributed by atoms with Crippen LogP contribution in [0.3, 0.4) is 0 Å². The molecule has 1 unspecified atom stereocenters. The molecular formula is C15H15F2NO2. The molecule has 3 N–H and O–H groups in total. The maximum Gasteiger partial charge on any atom is 0.190 e. The molecule has 2 aromatic rings. The molecule has 106 valence electrons. The Hall–Kier alpha value is -1.98. The van der Waals surface area contributed by atoms with E-state index in [-0.39, 0.29) is 6.61 Å². The molecule has 0 bridgehead atoms. The van der Waals surface area contributed by atoms with Gasteiger partial charge in [0.15, 0.2) is 17.4 Å². The Morgan fingerprint density at radius 1 is 1.05 bits per heavy atom. The summed E-state index contributed by atoms with van der Waals surface area (Å²) in [6.45, 7) is 0.174. The summed E-state index contributed by atoms with van der Waals surface area (Å²) >= 11 is 0. The summed E-state index contributed by atoms with van der Waals surface area (Å²) in [6.07, 6.45) is -0.971. The molecule has 2 rings (SSSR count). The van der Waals surface area contributed by atoms with E-state index < -0.39 is 23.5 Å². The molecule has 0 aliphatic rings. The molecule has 5 heteroatoms. The molecule has 0 aromatic heterocycles. The molecule has 0 aliphatic heterocycles. The number of aliphatic hydroxyl groups excluding tert-OH is 1. The average Bonchev–Trinajstić information content (AvgIpc) is 2.46. The first-order valence-electron chi connectivity index (χ1n) is 6.15. The lowest BCUT2D eigenvalue weighted by molar-refractivity contribution is 0.103. The largest absolute Gasteiger partial charge is 0.484 e. The van der Waals surface area contributed by atoms with Crippen molar-refractivity contribution >= 4 is 0 Å². The van der Waals surface area contributed by atoms with E-state index in [0.29, 0.717) is 12.1 Å². The average molecular weight is 279 g/mol. The number of para-hydroxylation sites is 1. The number of benzene rings is 2. The summed E-state index contributed by atoms with van der Waals surface area (Å²) in [5.41, 5.74) is 7.00. The van der Waals surface area contributed by atoms with Crippen molar-refractivity contribution in [3.63, 3.8) is 0 Å². The van der Waals surface area contributed by atoms with Crippen LogP contribution in [0.5, 0.6) is 5.75 Å². The molecule has 0 spiro atoms. The van der Waals surface area contributed by atoms with E-state index in [1.165, 1.54) is 6.07 Å². The van der Waals surface area contributed by atoms with Crippen molar-refractivity contribution < 1.29 is 18.6 Å². The Balaban J connectivity index is 2.02. The standard InChI is InChI=1S/C15H15F2NO2/c16-12-2-1-3-13(17)15(12)20-9-14(19)11-6-4-10(8-18)5-7-11/h1-7,14,19H,8-9,18H2. The zero-order valence-corrected chi connectivity index (χ0v) is 10.7. The fourth-order valence-corrected chi connectivity index (χ4v) is 1.75. The number of nitrogens with two attached hydrogens (primary N) is 1. The molecule has 2 aromatic carbocycles. The molecule has 3 nitrogen and oxygen atoms in total. The topological polar surface area (TPSA) is 55.5 Å². The molecule has 20 heavy (non-hydrogen) atoms. The third-order valence-electron chi connectivity index (χ3n) is 2.90. The van der Waals surface area contributed by atoms with Crippen LogP contribution < -0.4 is 10.5 Å². The molecule has 0 amide bonds. The highest BCUT2D eigenvalue weighted by molar-refractivity contribution is 5.27. The molecule has 0 aliphatic carbocycles. The first kappa shape index (κ1) is 14.4. The fourth-order valence-electron chi connectivity index (χ4n) is 1.75. The predicted octanol–water partition coefficient (Wildman–Crippen LogP) is 2.54. The van der Waals surface area contributed by atoms with E-state index in [9.17, 15) is 13.9 Å². The van der Waals surface area contributed by atoms with Gasteiger partial charge in [0.1, 0.15) is 12.7 Å². The van der Waals surface area contributed by atoms with Gasteiger partial charge in [-0.3, -0.25) is 0 Å². The highest BCUT2D eigenvalue weighted by atomic mass is 19.1. The van der Waals surface area contributed by atoms with E-state index in [4.69, 9.17) is 10.5 Å². The maximum absolute atomic E-state index is 13.3. The van der Waals surface area contributed by atoms with Gasteiger partial charge in [-0.2, -0.15) is 0 Å². The van der Waals surface area contributed by atoms with Crippen molar-refractivity contribution in [3.8, 4) is 5.75 Å². The first-order valence-corrected chi connectivity index (χ1v) is 6.15. The molecule has 0 heterocycles. The first-order chi connectivity index (χ1) is 9.61. The minimum atomic E-state index is -0.971. The number of ether oxygens (including phenoxy) is 1. The predicted molar refractivity (Wildman–Crippen MR) is 71.1 cm³/mol. The Bertz CT molecular complexity index is 552. The second-order valence-corrected chi connectivity index (χ2v) is 4.32. The summed E-state index contributed by atoms with van der Waals surface area (Å²) in [5.74, 6) is -2.07. The fraction of sp³-hybridized carbons (Fsp3) is 0.200. The molecule has 1 atom stereocenters. The van der Waals surface area contributed by atoms with E-state index in [1.54, 1.807) is 24.3 Å². The third kappa shape index (κ3) is 3.31.